The van der Waals surface area contributed by atoms with Gasteiger partial charge in [-0.15, -0.1) is 11.3 Å². The van der Waals surface area contributed by atoms with Crippen LogP contribution in [-0.4, -0.2) is 23.1 Å². The number of thiophene rings is 1. The molecule has 0 saturated carbocycles. The van der Waals surface area contributed by atoms with E-state index >= 15 is 0 Å². The molecule has 1 aliphatic carbocycles. The van der Waals surface area contributed by atoms with Crippen LogP contribution in [0.25, 0.3) is 0 Å². The molecule has 0 spiro atoms. The number of carboxylic acids is 1. The lowest BCUT2D eigenvalue weighted by atomic mass is 9.94. The summed E-state index contributed by atoms with van der Waals surface area (Å²) in [6.45, 7) is 1.44. The number of rotatable bonds is 3. The van der Waals surface area contributed by atoms with Gasteiger partial charge < -0.3 is 15.7 Å². The van der Waals surface area contributed by atoms with E-state index in [1.807, 2.05) is 11.4 Å². The summed E-state index contributed by atoms with van der Waals surface area (Å²) in [4.78, 5) is 23.6. The second-order valence-electron chi connectivity index (χ2n) is 4.42. The fraction of sp³-hybridized carbons (Fsp3) is 0.500. The maximum Gasteiger partial charge on any atom is 0.325 e. The van der Waals surface area contributed by atoms with Crippen molar-refractivity contribution in [2.24, 2.45) is 0 Å². The van der Waals surface area contributed by atoms with Crippen molar-refractivity contribution in [2.45, 2.75) is 38.3 Å². The normalized spacial score (nSPS) is 19.7. The van der Waals surface area contributed by atoms with Gasteiger partial charge in [0, 0.05) is 4.88 Å². The Labute approximate surface area is 109 Å². The fourth-order valence-electron chi connectivity index (χ4n) is 2.09. The highest BCUT2D eigenvalue weighted by atomic mass is 32.1. The number of carbonyl (C=O) groups is 2. The Morgan fingerprint density at radius 2 is 2.33 bits per heavy atom. The van der Waals surface area contributed by atoms with Gasteiger partial charge in [0.2, 0.25) is 0 Å². The van der Waals surface area contributed by atoms with Crippen LogP contribution in [0.4, 0.5) is 4.79 Å². The number of aryl methyl sites for hydroxylation is 1. The van der Waals surface area contributed by atoms with E-state index < -0.39 is 18.0 Å². The van der Waals surface area contributed by atoms with E-state index in [4.69, 9.17) is 5.11 Å². The van der Waals surface area contributed by atoms with Crippen LogP contribution in [0.15, 0.2) is 11.4 Å². The first-order chi connectivity index (χ1) is 8.58. The second kappa shape index (κ2) is 5.39. The molecule has 2 rings (SSSR count). The first-order valence-electron chi connectivity index (χ1n) is 5.94. The van der Waals surface area contributed by atoms with Gasteiger partial charge in [0.25, 0.3) is 0 Å². The third-order valence-corrected chi connectivity index (χ3v) is 4.07. The molecule has 98 valence electrons. The number of fused-ring (bicyclic) bond motifs is 1. The van der Waals surface area contributed by atoms with Crippen LogP contribution in [0.5, 0.6) is 0 Å². The van der Waals surface area contributed by atoms with E-state index in [-0.39, 0.29) is 6.04 Å². The van der Waals surface area contributed by atoms with Crippen LogP contribution in [0.1, 0.15) is 36.2 Å². The highest BCUT2D eigenvalue weighted by Crippen LogP contribution is 2.33. The summed E-state index contributed by atoms with van der Waals surface area (Å²) in [5.41, 5.74) is 1.17. The summed E-state index contributed by atoms with van der Waals surface area (Å²) < 4.78 is 0. The molecule has 1 heterocycles. The van der Waals surface area contributed by atoms with Gasteiger partial charge in [0.15, 0.2) is 0 Å². The van der Waals surface area contributed by atoms with Gasteiger partial charge >= 0.3 is 12.0 Å². The lowest BCUT2D eigenvalue weighted by Gasteiger charge is -2.24. The molecule has 1 aliphatic rings. The smallest absolute Gasteiger partial charge is 0.325 e. The molecule has 0 fully saturated rings. The molecular formula is C12H16N2O3S. The predicted molar refractivity (Wildman–Crippen MR) is 68.8 cm³/mol. The lowest BCUT2D eigenvalue weighted by molar-refractivity contribution is -0.138. The number of urea groups is 1. The van der Waals surface area contributed by atoms with Gasteiger partial charge in [-0.2, -0.15) is 0 Å². The van der Waals surface area contributed by atoms with E-state index in [1.165, 1.54) is 17.4 Å². The average molecular weight is 268 g/mol. The Balaban J connectivity index is 1.95. The largest absolute Gasteiger partial charge is 0.480 e. The molecule has 6 heteroatoms. The second-order valence-corrected chi connectivity index (χ2v) is 5.42. The van der Waals surface area contributed by atoms with Crippen LogP contribution >= 0.6 is 11.3 Å². The SMILES string of the molecule is C[C@@H](NC(=O)NC1CCCc2sccc21)C(=O)O. The molecule has 1 aromatic rings. The summed E-state index contributed by atoms with van der Waals surface area (Å²) in [5, 5.41) is 16.0. The molecule has 0 saturated heterocycles. The molecule has 0 radical (unpaired) electrons. The minimum Gasteiger partial charge on any atom is -0.480 e. The molecule has 0 bridgehead atoms. The summed E-state index contributed by atoms with van der Waals surface area (Å²) in [6.07, 6.45) is 3.02. The van der Waals surface area contributed by atoms with Crippen LogP contribution in [0, 0.1) is 0 Å². The third kappa shape index (κ3) is 2.81. The molecule has 5 nitrogen and oxygen atoms in total. The van der Waals surface area contributed by atoms with Crippen molar-refractivity contribution < 1.29 is 14.7 Å². The van der Waals surface area contributed by atoms with Crippen molar-refractivity contribution in [3.05, 3.63) is 21.9 Å². The predicted octanol–water partition coefficient (Wildman–Crippen LogP) is 1.90. The molecule has 1 unspecified atom stereocenters. The minimum absolute atomic E-state index is 0.000921. The van der Waals surface area contributed by atoms with Gasteiger partial charge in [0.1, 0.15) is 6.04 Å². The van der Waals surface area contributed by atoms with E-state index in [0.29, 0.717) is 0 Å². The van der Waals surface area contributed by atoms with Gasteiger partial charge in [-0.05, 0) is 43.2 Å². The third-order valence-electron chi connectivity index (χ3n) is 3.08. The summed E-state index contributed by atoms with van der Waals surface area (Å²) in [6, 6.07) is 0.732. The Kier molecular flexibility index (Phi) is 3.86. The van der Waals surface area contributed by atoms with Gasteiger partial charge in [-0.1, -0.05) is 0 Å². The zero-order chi connectivity index (χ0) is 13.1. The first kappa shape index (κ1) is 12.9. The van der Waals surface area contributed by atoms with Crippen molar-refractivity contribution in [2.75, 3.05) is 0 Å². The Morgan fingerprint density at radius 1 is 1.56 bits per heavy atom. The topological polar surface area (TPSA) is 78.4 Å². The van der Waals surface area contributed by atoms with E-state index in [2.05, 4.69) is 10.6 Å². The Hall–Kier alpha value is -1.56. The monoisotopic (exact) mass is 268 g/mol. The molecule has 18 heavy (non-hydrogen) atoms. The van der Waals surface area contributed by atoms with Crippen molar-refractivity contribution in [1.29, 1.82) is 0 Å². The molecule has 2 amide bonds. The number of carbonyl (C=O) groups excluding carboxylic acids is 1. The number of aliphatic carboxylic acids is 1. The van der Waals surface area contributed by atoms with Gasteiger partial charge in [-0.25, -0.2) is 4.79 Å². The number of hydrogen-bond donors (Lipinski definition) is 3. The molecule has 0 aromatic carbocycles. The van der Waals surface area contributed by atoms with Crippen molar-refractivity contribution in [1.82, 2.24) is 10.6 Å². The Morgan fingerprint density at radius 3 is 3.06 bits per heavy atom. The number of carboxylic acid groups (broad SMARTS) is 1. The van der Waals surface area contributed by atoms with E-state index in [1.54, 1.807) is 11.3 Å². The van der Waals surface area contributed by atoms with Crippen LogP contribution < -0.4 is 10.6 Å². The van der Waals surface area contributed by atoms with Crippen LogP contribution in [0.2, 0.25) is 0 Å². The van der Waals surface area contributed by atoms with Crippen LogP contribution in [-0.2, 0) is 11.2 Å². The zero-order valence-electron chi connectivity index (χ0n) is 10.1. The van der Waals surface area contributed by atoms with E-state index in [9.17, 15) is 9.59 Å². The molecule has 0 aliphatic heterocycles. The number of hydrogen-bond acceptors (Lipinski definition) is 3. The zero-order valence-corrected chi connectivity index (χ0v) is 10.9. The van der Waals surface area contributed by atoms with Crippen molar-refractivity contribution >= 4 is 23.3 Å². The highest BCUT2D eigenvalue weighted by Gasteiger charge is 2.23. The van der Waals surface area contributed by atoms with Crippen LogP contribution in [0.3, 0.4) is 0 Å². The quantitative estimate of drug-likeness (QED) is 0.783. The van der Waals surface area contributed by atoms with Crippen molar-refractivity contribution in [3.8, 4) is 0 Å². The molecule has 2 atom stereocenters. The fourth-order valence-corrected chi connectivity index (χ4v) is 3.08. The average Bonchev–Trinajstić information content (AvgIpc) is 2.77. The van der Waals surface area contributed by atoms with Gasteiger partial charge in [0.05, 0.1) is 6.04 Å². The highest BCUT2D eigenvalue weighted by molar-refractivity contribution is 7.10. The van der Waals surface area contributed by atoms with Gasteiger partial charge in [-0.3, -0.25) is 4.79 Å². The van der Waals surface area contributed by atoms with E-state index in [0.717, 1.165) is 19.3 Å². The lowest BCUT2D eigenvalue weighted by Crippen LogP contribution is -2.45. The number of amides is 2. The van der Waals surface area contributed by atoms with Crippen molar-refractivity contribution in [3.63, 3.8) is 0 Å². The molecular weight excluding hydrogens is 252 g/mol. The maximum absolute atomic E-state index is 11.7. The Bertz CT molecular complexity index is 458. The maximum atomic E-state index is 11.7. The standard InChI is InChI=1S/C12H16N2O3S/c1-7(11(15)16)13-12(17)14-9-3-2-4-10-8(9)5-6-18-10/h5-7,9H,2-4H2,1H3,(H,15,16)(H2,13,14,17)/t7-,9?/m1/s1. The summed E-state index contributed by atoms with van der Waals surface area (Å²) >= 11 is 1.71. The summed E-state index contributed by atoms with van der Waals surface area (Å²) in [7, 11) is 0. The first-order valence-corrected chi connectivity index (χ1v) is 6.82. The molecule has 3 N–H and O–H groups in total. The number of nitrogens with one attached hydrogen (secondary N) is 2. The minimum atomic E-state index is -1.04. The summed E-state index contributed by atoms with van der Waals surface area (Å²) in [5.74, 6) is -1.04. The molecule has 1 aromatic heterocycles.